The summed E-state index contributed by atoms with van der Waals surface area (Å²) in [5.74, 6) is 0.947. The van der Waals surface area contributed by atoms with Crippen molar-refractivity contribution in [3.05, 3.63) is 89.7 Å². The Balaban J connectivity index is 1.68. The van der Waals surface area contributed by atoms with Crippen LogP contribution < -0.4 is 4.74 Å². The molecule has 0 unspecified atom stereocenters. The average molecular weight is 356 g/mol. The maximum absolute atomic E-state index is 5.93. The van der Waals surface area contributed by atoms with Crippen LogP contribution in [0.5, 0.6) is 5.75 Å². The maximum atomic E-state index is 5.93. The van der Waals surface area contributed by atoms with Crippen LogP contribution in [0, 0.1) is 13.8 Å². The molecule has 136 valence electrons. The number of hydrogen-bond acceptors (Lipinski definition) is 2. The Kier molecular flexibility index (Phi) is 4.72. The predicted octanol–water partition coefficient (Wildman–Crippen LogP) is 6.08. The van der Waals surface area contributed by atoms with Crippen LogP contribution in [0.2, 0.25) is 0 Å². The Morgan fingerprint density at radius 1 is 0.889 bits per heavy atom. The second kappa shape index (κ2) is 7.32. The minimum absolute atomic E-state index is 0.509. The van der Waals surface area contributed by atoms with E-state index in [1.807, 2.05) is 0 Å². The van der Waals surface area contributed by atoms with Crippen molar-refractivity contribution in [2.24, 2.45) is 0 Å². The molecule has 0 amide bonds. The summed E-state index contributed by atoms with van der Waals surface area (Å²) in [5, 5.41) is 0. The molecule has 2 nitrogen and oxygen atoms in total. The molecule has 1 aliphatic carbocycles. The van der Waals surface area contributed by atoms with E-state index in [0.29, 0.717) is 13.2 Å². The highest BCUT2D eigenvalue weighted by Gasteiger charge is 2.21. The predicted molar refractivity (Wildman–Crippen MR) is 111 cm³/mol. The van der Waals surface area contributed by atoms with E-state index in [-0.39, 0.29) is 0 Å². The summed E-state index contributed by atoms with van der Waals surface area (Å²) in [6.45, 7) is 8.80. The third kappa shape index (κ3) is 3.23. The molecule has 0 spiro atoms. The summed E-state index contributed by atoms with van der Waals surface area (Å²) in [6, 6.07) is 19.8. The third-order valence-electron chi connectivity index (χ3n) is 5.19. The zero-order valence-electron chi connectivity index (χ0n) is 15.9. The van der Waals surface area contributed by atoms with Gasteiger partial charge in [-0.1, -0.05) is 49.0 Å². The van der Waals surface area contributed by atoms with Gasteiger partial charge < -0.3 is 9.47 Å². The van der Waals surface area contributed by atoms with Crippen molar-refractivity contribution >= 4 is 0 Å². The SMILES string of the molecule is C=COCCOc1c(C)cc(-c2cccc3c2Cc2ccccc2-3)cc1C. The molecule has 0 saturated heterocycles. The van der Waals surface area contributed by atoms with Crippen LogP contribution in [0.15, 0.2) is 67.4 Å². The van der Waals surface area contributed by atoms with Crippen LogP contribution in [0.25, 0.3) is 22.3 Å². The van der Waals surface area contributed by atoms with Crippen LogP contribution in [-0.4, -0.2) is 13.2 Å². The van der Waals surface area contributed by atoms with Gasteiger partial charge in [0, 0.05) is 0 Å². The first-order valence-electron chi connectivity index (χ1n) is 9.36. The van der Waals surface area contributed by atoms with E-state index >= 15 is 0 Å². The first-order valence-corrected chi connectivity index (χ1v) is 9.36. The summed E-state index contributed by atoms with van der Waals surface area (Å²) in [7, 11) is 0. The monoisotopic (exact) mass is 356 g/mol. The molecule has 0 aliphatic heterocycles. The fraction of sp³-hybridized carbons (Fsp3) is 0.200. The molecule has 0 atom stereocenters. The van der Waals surface area contributed by atoms with Gasteiger partial charge in [0.1, 0.15) is 19.0 Å². The van der Waals surface area contributed by atoms with Gasteiger partial charge in [0.25, 0.3) is 0 Å². The van der Waals surface area contributed by atoms with E-state index in [9.17, 15) is 0 Å². The normalized spacial score (nSPS) is 11.6. The lowest BCUT2D eigenvalue weighted by Crippen LogP contribution is -2.06. The van der Waals surface area contributed by atoms with E-state index in [1.54, 1.807) is 0 Å². The lowest BCUT2D eigenvalue weighted by Gasteiger charge is -2.16. The minimum Gasteiger partial charge on any atom is -0.498 e. The van der Waals surface area contributed by atoms with Gasteiger partial charge in [-0.2, -0.15) is 0 Å². The standard InChI is InChI=1S/C25H24O2/c1-4-26-12-13-27-25-17(2)14-20(15-18(25)3)22-10-7-11-23-21-9-6-5-8-19(21)16-24(22)23/h4-11,14-15H,1,12-13,16H2,2-3H3. The van der Waals surface area contributed by atoms with Crippen molar-refractivity contribution in [3.8, 4) is 28.0 Å². The van der Waals surface area contributed by atoms with Gasteiger partial charge in [0.2, 0.25) is 0 Å². The van der Waals surface area contributed by atoms with E-state index < -0.39 is 0 Å². The van der Waals surface area contributed by atoms with Gasteiger partial charge in [-0.3, -0.25) is 0 Å². The van der Waals surface area contributed by atoms with Gasteiger partial charge in [-0.05, 0) is 76.9 Å². The highest BCUT2D eigenvalue weighted by Crippen LogP contribution is 2.42. The Bertz CT molecular complexity index is 978. The molecule has 0 N–H and O–H groups in total. The number of fused-ring (bicyclic) bond motifs is 3. The van der Waals surface area contributed by atoms with Crippen molar-refractivity contribution in [2.45, 2.75) is 20.3 Å². The number of rotatable bonds is 6. The molecular weight excluding hydrogens is 332 g/mol. The Morgan fingerprint density at radius 2 is 1.59 bits per heavy atom. The van der Waals surface area contributed by atoms with Gasteiger partial charge in [0.05, 0.1) is 6.26 Å². The van der Waals surface area contributed by atoms with Crippen LogP contribution in [-0.2, 0) is 11.2 Å². The van der Waals surface area contributed by atoms with Crippen LogP contribution in [0.1, 0.15) is 22.3 Å². The molecule has 0 fully saturated rings. The van der Waals surface area contributed by atoms with Gasteiger partial charge in [0.15, 0.2) is 0 Å². The zero-order valence-corrected chi connectivity index (χ0v) is 15.9. The lowest BCUT2D eigenvalue weighted by molar-refractivity contribution is 0.178. The van der Waals surface area contributed by atoms with Crippen LogP contribution >= 0.6 is 0 Å². The molecule has 2 heteroatoms. The third-order valence-corrected chi connectivity index (χ3v) is 5.19. The molecule has 0 aromatic heterocycles. The smallest absolute Gasteiger partial charge is 0.125 e. The Morgan fingerprint density at radius 3 is 2.37 bits per heavy atom. The van der Waals surface area contributed by atoms with E-state index in [4.69, 9.17) is 9.47 Å². The molecule has 3 aromatic carbocycles. The zero-order chi connectivity index (χ0) is 18.8. The number of ether oxygens (including phenoxy) is 2. The quantitative estimate of drug-likeness (QED) is 0.308. The Labute approximate surface area is 161 Å². The summed E-state index contributed by atoms with van der Waals surface area (Å²) < 4.78 is 11.1. The van der Waals surface area contributed by atoms with Crippen molar-refractivity contribution < 1.29 is 9.47 Å². The fourth-order valence-corrected chi connectivity index (χ4v) is 4.04. The molecular formula is C25H24O2. The van der Waals surface area contributed by atoms with Crippen molar-refractivity contribution in [2.75, 3.05) is 13.2 Å². The Hall–Kier alpha value is -3.00. The number of hydrogen-bond donors (Lipinski definition) is 0. The van der Waals surface area contributed by atoms with Gasteiger partial charge in [-0.25, -0.2) is 0 Å². The largest absolute Gasteiger partial charge is 0.498 e. The molecule has 3 aromatic rings. The van der Waals surface area contributed by atoms with Crippen molar-refractivity contribution in [1.82, 2.24) is 0 Å². The second-order valence-electron chi connectivity index (χ2n) is 6.99. The fourth-order valence-electron chi connectivity index (χ4n) is 4.04. The van der Waals surface area contributed by atoms with E-state index in [2.05, 4.69) is 75.0 Å². The van der Waals surface area contributed by atoms with Crippen LogP contribution in [0.3, 0.4) is 0 Å². The van der Waals surface area contributed by atoms with E-state index in [0.717, 1.165) is 23.3 Å². The van der Waals surface area contributed by atoms with Crippen LogP contribution in [0.4, 0.5) is 0 Å². The molecule has 0 bridgehead atoms. The van der Waals surface area contributed by atoms with Crippen molar-refractivity contribution in [1.29, 1.82) is 0 Å². The highest BCUT2D eigenvalue weighted by atomic mass is 16.5. The summed E-state index contributed by atoms with van der Waals surface area (Å²) >= 11 is 0. The van der Waals surface area contributed by atoms with E-state index in [1.165, 1.54) is 39.6 Å². The molecule has 0 heterocycles. The second-order valence-corrected chi connectivity index (χ2v) is 6.99. The van der Waals surface area contributed by atoms with Crippen molar-refractivity contribution in [3.63, 3.8) is 0 Å². The minimum atomic E-state index is 0.509. The lowest BCUT2D eigenvalue weighted by atomic mass is 9.93. The highest BCUT2D eigenvalue weighted by molar-refractivity contribution is 5.85. The first kappa shape index (κ1) is 17.4. The number of benzene rings is 3. The number of aryl methyl sites for hydroxylation is 2. The first-order chi connectivity index (χ1) is 13.2. The summed E-state index contributed by atoms with van der Waals surface area (Å²) in [4.78, 5) is 0. The molecule has 27 heavy (non-hydrogen) atoms. The summed E-state index contributed by atoms with van der Waals surface area (Å²) in [5.41, 5.74) is 10.4. The average Bonchev–Trinajstić information content (AvgIpc) is 3.05. The molecule has 1 aliphatic rings. The topological polar surface area (TPSA) is 18.5 Å². The molecule has 0 radical (unpaired) electrons. The van der Waals surface area contributed by atoms with Gasteiger partial charge in [-0.15, -0.1) is 0 Å². The summed E-state index contributed by atoms with van der Waals surface area (Å²) in [6.07, 6.45) is 2.44. The van der Waals surface area contributed by atoms with Gasteiger partial charge >= 0.3 is 0 Å². The maximum Gasteiger partial charge on any atom is 0.125 e. The molecule has 0 saturated carbocycles. The molecule has 4 rings (SSSR count).